The third kappa shape index (κ3) is 3.64. The predicted octanol–water partition coefficient (Wildman–Crippen LogP) is 3.22. The van der Waals surface area contributed by atoms with Crippen molar-refractivity contribution in [2.45, 2.75) is 39.7 Å². The number of rotatable bonds is 7. The number of aryl methyl sites for hydroxylation is 1. The molecular formula is C15H26N2O. The maximum Gasteiger partial charge on any atom is 0.0637 e. The van der Waals surface area contributed by atoms with Gasteiger partial charge in [0, 0.05) is 31.1 Å². The highest BCUT2D eigenvalue weighted by Crippen LogP contribution is 2.26. The van der Waals surface area contributed by atoms with Gasteiger partial charge in [-0.2, -0.15) is 0 Å². The zero-order valence-electron chi connectivity index (χ0n) is 12.1. The van der Waals surface area contributed by atoms with Gasteiger partial charge in [-0.05, 0) is 37.5 Å². The van der Waals surface area contributed by atoms with E-state index in [1.807, 2.05) is 6.07 Å². The van der Waals surface area contributed by atoms with Gasteiger partial charge in [0.2, 0.25) is 0 Å². The minimum Gasteiger partial charge on any atom is -0.399 e. The fourth-order valence-corrected chi connectivity index (χ4v) is 2.35. The van der Waals surface area contributed by atoms with Crippen LogP contribution in [0.25, 0.3) is 0 Å². The first-order valence-corrected chi connectivity index (χ1v) is 6.75. The molecule has 0 saturated carbocycles. The van der Waals surface area contributed by atoms with Gasteiger partial charge in [0.05, 0.1) is 6.61 Å². The van der Waals surface area contributed by atoms with E-state index in [9.17, 15) is 0 Å². The molecule has 102 valence electrons. The van der Waals surface area contributed by atoms with Crippen molar-refractivity contribution >= 4 is 11.4 Å². The lowest BCUT2D eigenvalue weighted by molar-refractivity contribution is 0.202. The molecule has 0 bridgehead atoms. The van der Waals surface area contributed by atoms with Crippen molar-refractivity contribution < 1.29 is 4.74 Å². The second-order valence-corrected chi connectivity index (χ2v) is 4.70. The maximum absolute atomic E-state index is 5.92. The van der Waals surface area contributed by atoms with E-state index in [-0.39, 0.29) is 0 Å². The van der Waals surface area contributed by atoms with Crippen LogP contribution in [0.5, 0.6) is 0 Å². The van der Waals surface area contributed by atoms with Gasteiger partial charge in [0.15, 0.2) is 0 Å². The number of ether oxygens (including phenoxy) is 1. The topological polar surface area (TPSA) is 38.5 Å². The van der Waals surface area contributed by atoms with Crippen LogP contribution in [0.1, 0.15) is 32.3 Å². The Morgan fingerprint density at radius 1 is 1.28 bits per heavy atom. The molecule has 0 amide bonds. The van der Waals surface area contributed by atoms with Gasteiger partial charge < -0.3 is 15.4 Å². The van der Waals surface area contributed by atoms with Gasteiger partial charge in [-0.15, -0.1) is 0 Å². The van der Waals surface area contributed by atoms with E-state index in [1.54, 1.807) is 7.11 Å². The number of nitrogens with zero attached hydrogens (tertiary/aromatic N) is 1. The van der Waals surface area contributed by atoms with E-state index in [1.165, 1.54) is 11.3 Å². The third-order valence-electron chi connectivity index (χ3n) is 3.46. The summed E-state index contributed by atoms with van der Waals surface area (Å²) in [6.45, 7) is 8.25. The summed E-state index contributed by atoms with van der Waals surface area (Å²) in [6, 6.07) is 6.66. The normalized spacial score (nSPS) is 10.9. The number of benzene rings is 1. The van der Waals surface area contributed by atoms with E-state index in [0.29, 0.717) is 6.04 Å². The average Bonchev–Trinajstić information content (AvgIpc) is 2.38. The molecule has 0 aliphatic rings. The van der Waals surface area contributed by atoms with Crippen LogP contribution in [-0.2, 0) is 4.74 Å². The van der Waals surface area contributed by atoms with Crippen molar-refractivity contribution in [3.63, 3.8) is 0 Å². The highest BCUT2D eigenvalue weighted by atomic mass is 16.5. The second-order valence-electron chi connectivity index (χ2n) is 4.70. The Hall–Kier alpha value is -1.22. The van der Waals surface area contributed by atoms with Gasteiger partial charge >= 0.3 is 0 Å². The minimum absolute atomic E-state index is 0.542. The van der Waals surface area contributed by atoms with Crippen LogP contribution in [0.3, 0.4) is 0 Å². The molecule has 0 spiro atoms. The van der Waals surface area contributed by atoms with Crippen molar-refractivity contribution in [1.29, 1.82) is 0 Å². The predicted molar refractivity (Wildman–Crippen MR) is 79.2 cm³/mol. The highest BCUT2D eigenvalue weighted by Gasteiger charge is 2.17. The van der Waals surface area contributed by atoms with Crippen LogP contribution in [-0.4, -0.2) is 26.3 Å². The molecule has 0 fully saturated rings. The monoisotopic (exact) mass is 250 g/mol. The maximum atomic E-state index is 5.92. The standard InChI is InChI=1S/C15H26N2O/c1-5-14(6-2)17(9-10-18-4)15-11-13(16)8-7-12(15)3/h7-8,11,14H,5-6,9-10,16H2,1-4H3. The molecule has 0 aromatic heterocycles. The fourth-order valence-electron chi connectivity index (χ4n) is 2.35. The minimum atomic E-state index is 0.542. The highest BCUT2D eigenvalue weighted by molar-refractivity contribution is 5.61. The number of hydrogen-bond acceptors (Lipinski definition) is 3. The Bertz CT molecular complexity index is 362. The molecule has 18 heavy (non-hydrogen) atoms. The lowest BCUT2D eigenvalue weighted by Gasteiger charge is -2.34. The lowest BCUT2D eigenvalue weighted by atomic mass is 10.1. The molecule has 3 nitrogen and oxygen atoms in total. The molecule has 2 N–H and O–H groups in total. The Morgan fingerprint density at radius 2 is 1.94 bits per heavy atom. The first kappa shape index (κ1) is 14.8. The van der Waals surface area contributed by atoms with Crippen LogP contribution in [0.15, 0.2) is 18.2 Å². The van der Waals surface area contributed by atoms with E-state index in [2.05, 4.69) is 37.8 Å². The number of nitrogen functional groups attached to an aromatic ring is 1. The summed E-state index contributed by atoms with van der Waals surface area (Å²) in [7, 11) is 1.75. The quantitative estimate of drug-likeness (QED) is 0.755. The Labute approximate surface area is 111 Å². The first-order valence-electron chi connectivity index (χ1n) is 6.75. The summed E-state index contributed by atoms with van der Waals surface area (Å²) in [5.41, 5.74) is 9.25. The molecule has 0 aliphatic heterocycles. The number of methoxy groups -OCH3 is 1. The summed E-state index contributed by atoms with van der Waals surface area (Å²) in [6.07, 6.45) is 2.27. The van der Waals surface area contributed by atoms with Crippen LogP contribution in [0.4, 0.5) is 11.4 Å². The number of nitrogens with two attached hydrogens (primary N) is 1. The number of anilines is 2. The summed E-state index contributed by atoms with van der Waals surface area (Å²) in [4.78, 5) is 2.43. The summed E-state index contributed by atoms with van der Waals surface area (Å²) < 4.78 is 5.23. The number of hydrogen-bond donors (Lipinski definition) is 1. The summed E-state index contributed by atoms with van der Waals surface area (Å²) in [5, 5.41) is 0. The Morgan fingerprint density at radius 3 is 2.50 bits per heavy atom. The third-order valence-corrected chi connectivity index (χ3v) is 3.46. The van der Waals surface area contributed by atoms with Gasteiger partial charge in [0.25, 0.3) is 0 Å². The van der Waals surface area contributed by atoms with E-state index < -0.39 is 0 Å². The molecule has 1 aromatic rings. The molecule has 0 radical (unpaired) electrons. The fraction of sp³-hybridized carbons (Fsp3) is 0.600. The van der Waals surface area contributed by atoms with Crippen molar-refractivity contribution in [2.24, 2.45) is 0 Å². The lowest BCUT2D eigenvalue weighted by Crippen LogP contribution is -2.37. The Balaban J connectivity index is 3.03. The van der Waals surface area contributed by atoms with Gasteiger partial charge in [-0.3, -0.25) is 0 Å². The largest absolute Gasteiger partial charge is 0.399 e. The molecule has 0 heterocycles. The van der Waals surface area contributed by atoms with E-state index in [0.717, 1.165) is 31.7 Å². The van der Waals surface area contributed by atoms with Crippen molar-refractivity contribution in [2.75, 3.05) is 30.9 Å². The molecule has 3 heteroatoms. The van der Waals surface area contributed by atoms with Crippen LogP contribution < -0.4 is 10.6 Å². The summed E-state index contributed by atoms with van der Waals surface area (Å²) in [5.74, 6) is 0. The zero-order chi connectivity index (χ0) is 13.5. The SMILES string of the molecule is CCC(CC)N(CCOC)c1cc(N)ccc1C. The molecule has 0 aliphatic carbocycles. The van der Waals surface area contributed by atoms with Crippen LogP contribution >= 0.6 is 0 Å². The smallest absolute Gasteiger partial charge is 0.0637 e. The zero-order valence-corrected chi connectivity index (χ0v) is 12.1. The van der Waals surface area contributed by atoms with Gasteiger partial charge in [-0.1, -0.05) is 19.9 Å². The molecular weight excluding hydrogens is 224 g/mol. The average molecular weight is 250 g/mol. The molecule has 1 aromatic carbocycles. The molecule has 0 atom stereocenters. The van der Waals surface area contributed by atoms with E-state index >= 15 is 0 Å². The van der Waals surface area contributed by atoms with Crippen molar-refractivity contribution in [3.8, 4) is 0 Å². The second kappa shape index (κ2) is 7.27. The van der Waals surface area contributed by atoms with Crippen LogP contribution in [0, 0.1) is 6.92 Å². The summed E-state index contributed by atoms with van der Waals surface area (Å²) >= 11 is 0. The molecule has 1 rings (SSSR count). The first-order chi connectivity index (χ1) is 8.63. The van der Waals surface area contributed by atoms with Crippen molar-refractivity contribution in [1.82, 2.24) is 0 Å². The van der Waals surface area contributed by atoms with Gasteiger partial charge in [-0.25, -0.2) is 0 Å². The Kier molecular flexibility index (Phi) is 5.99. The van der Waals surface area contributed by atoms with E-state index in [4.69, 9.17) is 10.5 Å². The van der Waals surface area contributed by atoms with Crippen molar-refractivity contribution in [3.05, 3.63) is 23.8 Å². The van der Waals surface area contributed by atoms with Crippen LogP contribution in [0.2, 0.25) is 0 Å². The molecule has 0 saturated heterocycles. The van der Waals surface area contributed by atoms with Gasteiger partial charge in [0.1, 0.15) is 0 Å². The molecule has 0 unspecified atom stereocenters.